The van der Waals surface area contributed by atoms with Crippen LogP contribution in [0.2, 0.25) is 0 Å². The molecule has 2 unspecified atom stereocenters. The number of nitrogens with zero attached hydrogens (tertiary/aromatic N) is 2. The average Bonchev–Trinajstić information content (AvgIpc) is 2.45. The first-order chi connectivity index (χ1) is 9.40. The van der Waals surface area contributed by atoms with Gasteiger partial charge in [0.25, 0.3) is 5.56 Å². The van der Waals surface area contributed by atoms with E-state index in [1.165, 1.54) is 13.3 Å². The van der Waals surface area contributed by atoms with E-state index in [4.69, 9.17) is 5.11 Å². The molecule has 7 nitrogen and oxygen atoms in total. The summed E-state index contributed by atoms with van der Waals surface area (Å²) < 4.78 is 5.79. The Hall–Kier alpha value is -1.41. The standard InChI is InChI=1S/C12H18BrN3O4/c1-7(6-17)8(2)15-9-4-14-16(5-10(18)20-3)12(19)11(9)13/h4,7-8,15,17H,5-6H2,1-3H3. The monoisotopic (exact) mass is 347 g/mol. The van der Waals surface area contributed by atoms with Crippen LogP contribution in [0, 0.1) is 5.92 Å². The van der Waals surface area contributed by atoms with Crippen LogP contribution in [0.15, 0.2) is 15.5 Å². The smallest absolute Gasteiger partial charge is 0.327 e. The van der Waals surface area contributed by atoms with Gasteiger partial charge in [-0.3, -0.25) is 9.59 Å². The predicted octanol–water partition coefficient (Wildman–Crippen LogP) is 0.608. The maximum atomic E-state index is 12.0. The lowest BCUT2D eigenvalue weighted by Gasteiger charge is -2.21. The maximum Gasteiger partial charge on any atom is 0.327 e. The summed E-state index contributed by atoms with van der Waals surface area (Å²) in [5.41, 5.74) is 0.0909. The largest absolute Gasteiger partial charge is 0.468 e. The summed E-state index contributed by atoms with van der Waals surface area (Å²) in [6.07, 6.45) is 1.45. The first-order valence-electron chi connectivity index (χ1n) is 6.10. The number of halogens is 1. The molecule has 20 heavy (non-hydrogen) atoms. The summed E-state index contributed by atoms with van der Waals surface area (Å²) in [5.74, 6) is -0.520. The lowest BCUT2D eigenvalue weighted by Crippen LogP contribution is -2.31. The van der Waals surface area contributed by atoms with Crippen LogP contribution in [0.4, 0.5) is 5.69 Å². The van der Waals surface area contributed by atoms with Crippen molar-refractivity contribution in [2.75, 3.05) is 19.0 Å². The third-order valence-corrected chi connectivity index (χ3v) is 3.78. The molecule has 0 aliphatic carbocycles. The highest BCUT2D eigenvalue weighted by Crippen LogP contribution is 2.19. The molecule has 8 heteroatoms. The lowest BCUT2D eigenvalue weighted by molar-refractivity contribution is -0.141. The number of nitrogens with one attached hydrogen (secondary N) is 1. The van der Waals surface area contributed by atoms with Crippen LogP contribution in [0.5, 0.6) is 0 Å². The van der Waals surface area contributed by atoms with Gasteiger partial charge in [0.2, 0.25) is 0 Å². The zero-order valence-electron chi connectivity index (χ0n) is 11.6. The molecule has 0 amide bonds. The number of carbonyl (C=O) groups excluding carboxylic acids is 1. The number of rotatable bonds is 6. The number of esters is 1. The number of hydrogen-bond donors (Lipinski definition) is 2. The van der Waals surface area contributed by atoms with Crippen LogP contribution in [0.25, 0.3) is 0 Å². The van der Waals surface area contributed by atoms with Crippen molar-refractivity contribution in [3.05, 3.63) is 21.0 Å². The van der Waals surface area contributed by atoms with Crippen molar-refractivity contribution in [3.8, 4) is 0 Å². The van der Waals surface area contributed by atoms with Gasteiger partial charge in [-0.1, -0.05) is 6.92 Å². The average molecular weight is 348 g/mol. The van der Waals surface area contributed by atoms with Gasteiger partial charge in [-0.05, 0) is 28.8 Å². The second-order valence-electron chi connectivity index (χ2n) is 4.50. The second-order valence-corrected chi connectivity index (χ2v) is 5.30. The molecule has 0 aliphatic heterocycles. The Labute approximate surface area is 125 Å². The third kappa shape index (κ3) is 4.04. The second kappa shape index (κ2) is 7.39. The van der Waals surface area contributed by atoms with Crippen molar-refractivity contribution >= 4 is 27.6 Å². The van der Waals surface area contributed by atoms with Crippen molar-refractivity contribution in [1.29, 1.82) is 0 Å². The lowest BCUT2D eigenvalue weighted by atomic mass is 10.1. The molecule has 0 radical (unpaired) electrons. The van der Waals surface area contributed by atoms with E-state index >= 15 is 0 Å². The zero-order valence-corrected chi connectivity index (χ0v) is 13.2. The van der Waals surface area contributed by atoms with Gasteiger partial charge in [0.05, 0.1) is 19.0 Å². The van der Waals surface area contributed by atoms with Crippen molar-refractivity contribution < 1.29 is 14.6 Å². The van der Waals surface area contributed by atoms with Crippen molar-refractivity contribution in [2.24, 2.45) is 5.92 Å². The van der Waals surface area contributed by atoms with Gasteiger partial charge in [0, 0.05) is 12.6 Å². The molecule has 1 aromatic heterocycles. The van der Waals surface area contributed by atoms with Gasteiger partial charge in [-0.25, -0.2) is 4.68 Å². The highest BCUT2D eigenvalue weighted by Gasteiger charge is 2.16. The van der Waals surface area contributed by atoms with Gasteiger partial charge in [0.1, 0.15) is 11.0 Å². The van der Waals surface area contributed by atoms with Gasteiger partial charge >= 0.3 is 5.97 Å². The quantitative estimate of drug-likeness (QED) is 0.732. The molecule has 1 rings (SSSR count). The van der Waals surface area contributed by atoms with Crippen LogP contribution in [-0.2, 0) is 16.1 Å². The molecule has 0 spiro atoms. The predicted molar refractivity (Wildman–Crippen MR) is 77.5 cm³/mol. The summed E-state index contributed by atoms with van der Waals surface area (Å²) in [4.78, 5) is 23.2. The topological polar surface area (TPSA) is 93.5 Å². The molecule has 0 bridgehead atoms. The summed E-state index contributed by atoms with van der Waals surface area (Å²) in [7, 11) is 1.25. The number of anilines is 1. The SMILES string of the molecule is COC(=O)Cn1ncc(NC(C)C(C)CO)c(Br)c1=O. The van der Waals surface area contributed by atoms with Crippen LogP contribution in [0.3, 0.4) is 0 Å². The van der Waals surface area contributed by atoms with Gasteiger partial charge in [0.15, 0.2) is 0 Å². The number of hydrogen-bond acceptors (Lipinski definition) is 6. The molecule has 0 aromatic carbocycles. The van der Waals surface area contributed by atoms with Crippen molar-refractivity contribution in [3.63, 3.8) is 0 Å². The number of aliphatic hydroxyl groups is 1. The summed E-state index contributed by atoms with van der Waals surface area (Å²) in [6, 6.07) is -0.0334. The number of methoxy groups -OCH3 is 1. The molecule has 0 saturated heterocycles. The third-order valence-electron chi connectivity index (χ3n) is 3.02. The number of aromatic nitrogens is 2. The molecular formula is C12H18BrN3O4. The van der Waals surface area contributed by atoms with E-state index in [0.717, 1.165) is 4.68 Å². The molecule has 1 aromatic rings. The first kappa shape index (κ1) is 16.6. The zero-order chi connectivity index (χ0) is 15.3. The Balaban J connectivity index is 2.94. The Morgan fingerprint density at radius 1 is 1.60 bits per heavy atom. The van der Waals surface area contributed by atoms with Crippen LogP contribution in [0.1, 0.15) is 13.8 Å². The summed E-state index contributed by atoms with van der Waals surface area (Å²) >= 11 is 3.19. The highest BCUT2D eigenvalue weighted by molar-refractivity contribution is 9.10. The van der Waals surface area contributed by atoms with Crippen molar-refractivity contribution in [1.82, 2.24) is 9.78 Å². The molecular weight excluding hydrogens is 330 g/mol. The van der Waals surface area contributed by atoms with E-state index in [1.54, 1.807) is 0 Å². The molecule has 0 aliphatic rings. The fourth-order valence-corrected chi connectivity index (χ4v) is 1.83. The van der Waals surface area contributed by atoms with Gasteiger partial charge < -0.3 is 15.2 Å². The van der Waals surface area contributed by atoms with E-state index in [1.807, 2.05) is 13.8 Å². The summed E-state index contributed by atoms with van der Waals surface area (Å²) in [5, 5.41) is 16.1. The Bertz CT molecular complexity index is 532. The molecule has 2 N–H and O–H groups in total. The minimum absolute atomic E-state index is 0.0272. The first-order valence-corrected chi connectivity index (χ1v) is 6.89. The number of carbonyl (C=O) groups is 1. The van der Waals surface area contributed by atoms with E-state index < -0.39 is 11.5 Å². The Kier molecular flexibility index (Phi) is 6.15. The van der Waals surface area contributed by atoms with Crippen molar-refractivity contribution in [2.45, 2.75) is 26.4 Å². The van der Waals surface area contributed by atoms with Crippen LogP contribution in [-0.4, -0.2) is 40.6 Å². The highest BCUT2D eigenvalue weighted by atomic mass is 79.9. The van der Waals surface area contributed by atoms with E-state index in [0.29, 0.717) is 5.69 Å². The van der Waals surface area contributed by atoms with Gasteiger partial charge in [-0.2, -0.15) is 5.10 Å². The minimum Gasteiger partial charge on any atom is -0.468 e. The fraction of sp³-hybridized carbons (Fsp3) is 0.583. The molecule has 2 atom stereocenters. The van der Waals surface area contributed by atoms with Gasteiger partial charge in [-0.15, -0.1) is 0 Å². The van der Waals surface area contributed by atoms with Crippen LogP contribution >= 0.6 is 15.9 Å². The molecule has 112 valence electrons. The molecule has 1 heterocycles. The van der Waals surface area contributed by atoms with E-state index in [9.17, 15) is 9.59 Å². The normalized spacial score (nSPS) is 13.7. The maximum absolute atomic E-state index is 12.0. The molecule has 0 saturated carbocycles. The number of ether oxygens (including phenoxy) is 1. The molecule has 0 fully saturated rings. The van der Waals surface area contributed by atoms with Crippen LogP contribution < -0.4 is 10.9 Å². The summed E-state index contributed by atoms with van der Waals surface area (Å²) in [6.45, 7) is 3.58. The van der Waals surface area contributed by atoms with E-state index in [2.05, 4.69) is 31.1 Å². The minimum atomic E-state index is -0.547. The fourth-order valence-electron chi connectivity index (χ4n) is 1.41. The van der Waals surface area contributed by atoms with E-state index in [-0.39, 0.29) is 29.6 Å². The Morgan fingerprint density at radius 2 is 2.25 bits per heavy atom. The number of aliphatic hydroxyl groups excluding tert-OH is 1. The Morgan fingerprint density at radius 3 is 2.80 bits per heavy atom.